The first kappa shape index (κ1) is 14.1. The summed E-state index contributed by atoms with van der Waals surface area (Å²) in [5.74, 6) is 0.821. The highest BCUT2D eigenvalue weighted by molar-refractivity contribution is 9.10. The lowest BCUT2D eigenvalue weighted by atomic mass is 10.2. The molecule has 0 amide bonds. The molecule has 0 fully saturated rings. The van der Waals surface area contributed by atoms with Gasteiger partial charge in [-0.05, 0) is 40.0 Å². The van der Waals surface area contributed by atoms with Crippen LogP contribution in [0.2, 0.25) is 0 Å². The summed E-state index contributed by atoms with van der Waals surface area (Å²) in [5.41, 5.74) is 7.76. The maximum absolute atomic E-state index is 5.82. The molecule has 0 aliphatic carbocycles. The fourth-order valence-electron chi connectivity index (χ4n) is 1.85. The smallest absolute Gasteiger partial charge is 0.134 e. The summed E-state index contributed by atoms with van der Waals surface area (Å²) in [4.78, 5) is 4.16. The second-order valence-corrected chi connectivity index (χ2v) is 5.19. The summed E-state index contributed by atoms with van der Waals surface area (Å²) in [7, 11) is 0. The van der Waals surface area contributed by atoms with Crippen molar-refractivity contribution in [1.29, 1.82) is 0 Å². The summed E-state index contributed by atoms with van der Waals surface area (Å²) in [6.45, 7) is 4.15. The molecule has 19 heavy (non-hydrogen) atoms. The molecule has 1 heterocycles. The Hall–Kier alpha value is -1.33. The van der Waals surface area contributed by atoms with Crippen LogP contribution in [0.3, 0.4) is 0 Å². The number of rotatable bonds is 6. The van der Waals surface area contributed by atoms with Crippen molar-refractivity contribution < 1.29 is 4.74 Å². The van der Waals surface area contributed by atoms with Crippen molar-refractivity contribution in [1.82, 2.24) is 9.55 Å². The molecule has 0 atom stereocenters. The van der Waals surface area contributed by atoms with Crippen LogP contribution < -0.4 is 10.5 Å². The van der Waals surface area contributed by atoms with E-state index in [0.717, 1.165) is 34.4 Å². The first-order valence-electron chi connectivity index (χ1n) is 6.35. The Morgan fingerprint density at radius 1 is 1.42 bits per heavy atom. The van der Waals surface area contributed by atoms with E-state index in [2.05, 4.69) is 32.4 Å². The topological polar surface area (TPSA) is 53.1 Å². The third-order valence-corrected chi connectivity index (χ3v) is 3.49. The first-order valence-corrected chi connectivity index (χ1v) is 7.14. The van der Waals surface area contributed by atoms with Crippen LogP contribution >= 0.6 is 15.9 Å². The molecule has 0 saturated heterocycles. The molecule has 2 aromatic rings. The number of benzene rings is 1. The van der Waals surface area contributed by atoms with E-state index in [0.29, 0.717) is 13.2 Å². The maximum atomic E-state index is 5.82. The molecule has 102 valence electrons. The predicted molar refractivity (Wildman–Crippen MR) is 78.9 cm³/mol. The molecule has 5 heteroatoms. The Kier molecular flexibility index (Phi) is 4.99. The van der Waals surface area contributed by atoms with Gasteiger partial charge in [0, 0.05) is 13.1 Å². The predicted octanol–water partition coefficient (Wildman–Crippen LogP) is 3.09. The fraction of sp³-hybridized carbons (Fsp3) is 0.357. The van der Waals surface area contributed by atoms with Crippen LogP contribution in [0.15, 0.2) is 35.2 Å². The Morgan fingerprint density at radius 2 is 2.26 bits per heavy atom. The molecule has 1 aromatic heterocycles. The van der Waals surface area contributed by atoms with Gasteiger partial charge in [-0.25, -0.2) is 4.98 Å². The summed E-state index contributed by atoms with van der Waals surface area (Å²) < 4.78 is 8.86. The number of halogens is 1. The van der Waals surface area contributed by atoms with Gasteiger partial charge in [0.05, 0.1) is 22.7 Å². The van der Waals surface area contributed by atoms with Crippen LogP contribution in [-0.2, 0) is 19.7 Å². The van der Waals surface area contributed by atoms with Crippen LogP contribution in [0.25, 0.3) is 0 Å². The molecule has 2 N–H and O–H groups in total. The third kappa shape index (κ3) is 3.58. The summed E-state index contributed by atoms with van der Waals surface area (Å²) in [5, 5.41) is 0. The summed E-state index contributed by atoms with van der Waals surface area (Å²) in [6, 6.07) is 5.90. The lowest BCUT2D eigenvalue weighted by Crippen LogP contribution is -2.05. The minimum absolute atomic E-state index is 0.514. The highest BCUT2D eigenvalue weighted by Crippen LogP contribution is 2.26. The largest absolute Gasteiger partial charge is 0.486 e. The monoisotopic (exact) mass is 323 g/mol. The molecule has 0 aliphatic rings. The van der Waals surface area contributed by atoms with Gasteiger partial charge >= 0.3 is 0 Å². The lowest BCUT2D eigenvalue weighted by molar-refractivity contribution is 0.292. The van der Waals surface area contributed by atoms with Crippen molar-refractivity contribution in [2.75, 3.05) is 0 Å². The Labute approximate surface area is 121 Å². The number of imidazole rings is 1. The van der Waals surface area contributed by atoms with Crippen LogP contribution in [0.5, 0.6) is 5.75 Å². The number of aromatic nitrogens is 2. The van der Waals surface area contributed by atoms with Gasteiger partial charge in [-0.3, -0.25) is 0 Å². The van der Waals surface area contributed by atoms with E-state index in [9.17, 15) is 0 Å². The van der Waals surface area contributed by atoms with E-state index in [1.165, 1.54) is 0 Å². The molecule has 0 spiro atoms. The van der Waals surface area contributed by atoms with Gasteiger partial charge in [0.15, 0.2) is 0 Å². The third-order valence-electron chi connectivity index (χ3n) is 2.87. The number of nitrogens with zero attached hydrogens (tertiary/aromatic N) is 2. The van der Waals surface area contributed by atoms with Crippen molar-refractivity contribution in [3.8, 4) is 5.75 Å². The summed E-state index contributed by atoms with van der Waals surface area (Å²) >= 11 is 3.50. The molecule has 0 unspecified atom stereocenters. The van der Waals surface area contributed by atoms with Crippen molar-refractivity contribution in [2.45, 2.75) is 33.0 Å². The van der Waals surface area contributed by atoms with Crippen LogP contribution in [0.1, 0.15) is 24.6 Å². The second-order valence-electron chi connectivity index (χ2n) is 4.34. The average Bonchev–Trinajstić information content (AvgIpc) is 2.85. The molecule has 1 aromatic carbocycles. The van der Waals surface area contributed by atoms with Gasteiger partial charge in [-0.2, -0.15) is 0 Å². The quantitative estimate of drug-likeness (QED) is 0.888. The zero-order chi connectivity index (χ0) is 13.7. The fourth-order valence-corrected chi connectivity index (χ4v) is 2.39. The molecular formula is C14H18BrN3O. The van der Waals surface area contributed by atoms with E-state index >= 15 is 0 Å². The van der Waals surface area contributed by atoms with Gasteiger partial charge in [0.1, 0.15) is 12.4 Å². The zero-order valence-electron chi connectivity index (χ0n) is 11.0. The molecule has 0 aliphatic heterocycles. The minimum atomic E-state index is 0.514. The van der Waals surface area contributed by atoms with Crippen LogP contribution in [0, 0.1) is 0 Å². The van der Waals surface area contributed by atoms with Crippen molar-refractivity contribution >= 4 is 15.9 Å². The molecule has 0 radical (unpaired) electrons. The molecule has 0 saturated carbocycles. The number of hydrogen-bond donors (Lipinski definition) is 1. The Bertz CT molecular complexity index is 539. The first-order chi connectivity index (χ1) is 9.24. The van der Waals surface area contributed by atoms with Gasteiger partial charge in [0.2, 0.25) is 0 Å². The standard InChI is InChI=1S/C14H18BrN3O/c1-2-5-18-10-17-8-12(18)9-19-14-4-3-11(7-16)6-13(14)15/h3-4,6,8,10H,2,5,7,9,16H2,1H3. The summed E-state index contributed by atoms with van der Waals surface area (Å²) in [6.07, 6.45) is 4.77. The maximum Gasteiger partial charge on any atom is 0.134 e. The minimum Gasteiger partial charge on any atom is -0.486 e. The van der Waals surface area contributed by atoms with Gasteiger partial charge in [0.25, 0.3) is 0 Å². The van der Waals surface area contributed by atoms with E-state index < -0.39 is 0 Å². The van der Waals surface area contributed by atoms with Crippen molar-refractivity contribution in [3.05, 3.63) is 46.5 Å². The molecule has 4 nitrogen and oxygen atoms in total. The average molecular weight is 324 g/mol. The molecular weight excluding hydrogens is 306 g/mol. The van der Waals surface area contributed by atoms with Gasteiger partial charge in [-0.15, -0.1) is 0 Å². The Balaban J connectivity index is 2.04. The SMILES string of the molecule is CCCn1cncc1COc1ccc(CN)cc1Br. The lowest BCUT2D eigenvalue weighted by Gasteiger charge is -2.11. The molecule has 2 rings (SSSR count). The highest BCUT2D eigenvalue weighted by atomic mass is 79.9. The second kappa shape index (κ2) is 6.73. The van der Waals surface area contributed by atoms with E-state index in [1.807, 2.05) is 30.7 Å². The van der Waals surface area contributed by atoms with E-state index in [4.69, 9.17) is 10.5 Å². The number of nitrogens with two attached hydrogens (primary N) is 1. The van der Waals surface area contributed by atoms with Crippen LogP contribution in [0.4, 0.5) is 0 Å². The van der Waals surface area contributed by atoms with Crippen molar-refractivity contribution in [3.63, 3.8) is 0 Å². The number of aryl methyl sites for hydroxylation is 1. The normalized spacial score (nSPS) is 10.7. The number of hydrogen-bond acceptors (Lipinski definition) is 3. The molecule has 0 bridgehead atoms. The van der Waals surface area contributed by atoms with E-state index in [-0.39, 0.29) is 0 Å². The van der Waals surface area contributed by atoms with Crippen LogP contribution in [-0.4, -0.2) is 9.55 Å². The number of ether oxygens (including phenoxy) is 1. The Morgan fingerprint density at radius 3 is 2.95 bits per heavy atom. The zero-order valence-corrected chi connectivity index (χ0v) is 12.6. The van der Waals surface area contributed by atoms with Gasteiger partial charge in [-0.1, -0.05) is 13.0 Å². The van der Waals surface area contributed by atoms with E-state index in [1.54, 1.807) is 0 Å². The highest BCUT2D eigenvalue weighted by Gasteiger charge is 2.05. The van der Waals surface area contributed by atoms with Gasteiger partial charge < -0.3 is 15.0 Å². The van der Waals surface area contributed by atoms with Crippen molar-refractivity contribution in [2.24, 2.45) is 5.73 Å².